The summed E-state index contributed by atoms with van der Waals surface area (Å²) in [4.78, 5) is 4.62. The number of hydrogen-bond acceptors (Lipinski definition) is 3. The van der Waals surface area contributed by atoms with Crippen molar-refractivity contribution in [1.29, 1.82) is 0 Å². The molecular weight excluding hydrogens is 282 g/mol. The van der Waals surface area contributed by atoms with E-state index in [9.17, 15) is 0 Å². The zero-order valence-electron chi connectivity index (χ0n) is 14.6. The molecule has 0 radical (unpaired) electrons. The largest absolute Gasteiger partial charge is 0.378 e. The summed E-state index contributed by atoms with van der Waals surface area (Å²) in [5.41, 5.74) is 0. The van der Waals surface area contributed by atoms with Gasteiger partial charge in [0.1, 0.15) is 0 Å². The summed E-state index contributed by atoms with van der Waals surface area (Å²) >= 11 is 1.90. The molecule has 0 rings (SSSR count). The highest BCUT2D eigenvalue weighted by molar-refractivity contribution is 7.98. The second kappa shape index (κ2) is 14.5. The van der Waals surface area contributed by atoms with Gasteiger partial charge >= 0.3 is 0 Å². The first kappa shape index (κ1) is 20.6. The van der Waals surface area contributed by atoms with E-state index in [0.717, 1.165) is 45.0 Å². The molecule has 0 bridgehead atoms. The Hall–Kier alpha value is -0.420. The van der Waals surface area contributed by atoms with Crippen LogP contribution in [0.2, 0.25) is 0 Å². The summed E-state index contributed by atoms with van der Waals surface area (Å²) in [6.07, 6.45) is 5.89. The molecule has 21 heavy (non-hydrogen) atoms. The first-order valence-corrected chi connectivity index (χ1v) is 9.67. The van der Waals surface area contributed by atoms with E-state index in [1.165, 1.54) is 12.2 Å². The molecule has 0 aromatic heterocycles. The van der Waals surface area contributed by atoms with Crippen molar-refractivity contribution in [3.05, 3.63) is 0 Å². The summed E-state index contributed by atoms with van der Waals surface area (Å²) in [5, 5.41) is 6.71. The third-order valence-electron chi connectivity index (χ3n) is 3.22. The van der Waals surface area contributed by atoms with Crippen molar-refractivity contribution in [1.82, 2.24) is 10.6 Å². The number of ether oxygens (including phenoxy) is 1. The molecule has 0 heterocycles. The summed E-state index contributed by atoms with van der Waals surface area (Å²) in [7, 11) is 0. The van der Waals surface area contributed by atoms with Gasteiger partial charge in [0.25, 0.3) is 0 Å². The lowest BCUT2D eigenvalue weighted by Crippen LogP contribution is -2.39. The maximum Gasteiger partial charge on any atom is 0.191 e. The van der Waals surface area contributed by atoms with Crippen molar-refractivity contribution in [2.75, 3.05) is 38.2 Å². The molecule has 0 aromatic rings. The average molecular weight is 318 g/mol. The molecule has 0 fully saturated rings. The number of guanidine groups is 1. The average Bonchev–Trinajstić information content (AvgIpc) is 2.45. The van der Waals surface area contributed by atoms with Crippen LogP contribution in [0.4, 0.5) is 0 Å². The highest BCUT2D eigenvalue weighted by Gasteiger charge is 2.12. The van der Waals surface area contributed by atoms with Crippen LogP contribution in [0.5, 0.6) is 0 Å². The van der Waals surface area contributed by atoms with Crippen molar-refractivity contribution < 1.29 is 4.74 Å². The number of thioether (sulfide) groups is 1. The van der Waals surface area contributed by atoms with Gasteiger partial charge in [0.15, 0.2) is 5.96 Å². The Balaban J connectivity index is 4.03. The molecule has 126 valence electrons. The Bertz CT molecular complexity index is 260. The monoisotopic (exact) mass is 317 g/mol. The third kappa shape index (κ3) is 11.9. The van der Waals surface area contributed by atoms with Crippen molar-refractivity contribution in [3.8, 4) is 0 Å². The summed E-state index contributed by atoms with van der Waals surface area (Å²) in [6, 6.07) is 0. The van der Waals surface area contributed by atoms with Crippen LogP contribution in [0.15, 0.2) is 4.99 Å². The molecule has 0 aliphatic carbocycles. The van der Waals surface area contributed by atoms with Crippen LogP contribution < -0.4 is 10.6 Å². The van der Waals surface area contributed by atoms with Crippen molar-refractivity contribution in [3.63, 3.8) is 0 Å². The Kier molecular flexibility index (Phi) is 14.2. The number of nitrogens with one attached hydrogen (secondary N) is 2. The second-order valence-electron chi connectivity index (χ2n) is 5.41. The van der Waals surface area contributed by atoms with Gasteiger partial charge in [0.05, 0.1) is 6.10 Å². The lowest BCUT2D eigenvalue weighted by Gasteiger charge is -2.21. The van der Waals surface area contributed by atoms with Crippen LogP contribution in [0.1, 0.15) is 47.0 Å². The Morgan fingerprint density at radius 3 is 2.52 bits per heavy atom. The van der Waals surface area contributed by atoms with Crippen LogP contribution >= 0.6 is 11.8 Å². The molecule has 0 aromatic carbocycles. The minimum absolute atomic E-state index is 0.326. The fourth-order valence-corrected chi connectivity index (χ4v) is 2.54. The van der Waals surface area contributed by atoms with Crippen molar-refractivity contribution in [2.45, 2.75) is 53.1 Å². The molecule has 5 heteroatoms. The van der Waals surface area contributed by atoms with Gasteiger partial charge in [-0.1, -0.05) is 13.8 Å². The molecule has 0 aliphatic heterocycles. The Morgan fingerprint density at radius 1 is 1.19 bits per heavy atom. The molecule has 0 aliphatic rings. The number of nitrogens with zero attached hydrogens (tertiary/aromatic N) is 1. The van der Waals surface area contributed by atoms with Gasteiger partial charge in [-0.3, -0.25) is 4.99 Å². The minimum atomic E-state index is 0.326. The predicted molar refractivity (Wildman–Crippen MR) is 96.5 cm³/mol. The molecule has 1 atom stereocenters. The first-order valence-electron chi connectivity index (χ1n) is 8.28. The number of aliphatic imine (C=N–C) groups is 1. The van der Waals surface area contributed by atoms with Crippen LogP contribution in [-0.2, 0) is 4.74 Å². The van der Waals surface area contributed by atoms with Crippen LogP contribution in [0, 0.1) is 5.92 Å². The summed E-state index contributed by atoms with van der Waals surface area (Å²) in [5.74, 6) is 2.71. The molecule has 0 saturated heterocycles. The fourth-order valence-electron chi connectivity index (χ4n) is 2.05. The van der Waals surface area contributed by atoms with Crippen molar-refractivity contribution >= 4 is 17.7 Å². The number of unbranched alkanes of at least 4 members (excludes halogenated alkanes) is 1. The van der Waals surface area contributed by atoms with Crippen LogP contribution in [-0.4, -0.2) is 50.3 Å². The molecule has 0 amide bonds. The van der Waals surface area contributed by atoms with E-state index in [2.05, 4.69) is 49.6 Å². The third-order valence-corrected chi connectivity index (χ3v) is 3.91. The lowest BCUT2D eigenvalue weighted by atomic mass is 10.0. The summed E-state index contributed by atoms with van der Waals surface area (Å²) < 4.78 is 5.77. The highest BCUT2D eigenvalue weighted by Crippen LogP contribution is 2.09. The lowest BCUT2D eigenvalue weighted by molar-refractivity contribution is 0.0258. The van der Waals surface area contributed by atoms with E-state index in [4.69, 9.17) is 4.74 Å². The van der Waals surface area contributed by atoms with Gasteiger partial charge in [0.2, 0.25) is 0 Å². The fraction of sp³-hybridized carbons (Fsp3) is 0.938. The molecule has 2 N–H and O–H groups in total. The van der Waals surface area contributed by atoms with Gasteiger partial charge in [0, 0.05) is 26.2 Å². The van der Waals surface area contributed by atoms with Crippen LogP contribution in [0.25, 0.3) is 0 Å². The smallest absolute Gasteiger partial charge is 0.191 e. The van der Waals surface area contributed by atoms with Gasteiger partial charge in [-0.05, 0) is 51.0 Å². The highest BCUT2D eigenvalue weighted by atomic mass is 32.2. The predicted octanol–water partition coefficient (Wildman–Crippen LogP) is 3.14. The van der Waals surface area contributed by atoms with Gasteiger partial charge < -0.3 is 15.4 Å². The number of hydrogen-bond donors (Lipinski definition) is 2. The maximum atomic E-state index is 5.77. The van der Waals surface area contributed by atoms with Gasteiger partial charge in [-0.25, -0.2) is 0 Å². The molecular formula is C16H35N3OS. The minimum Gasteiger partial charge on any atom is -0.378 e. The molecule has 1 unspecified atom stereocenters. The first-order chi connectivity index (χ1) is 10.2. The standard InChI is InChI=1S/C16H35N3OS/c1-6-17-16(18-11-8-9-13-21-5)19-12-10-15(14(3)4)20-7-2/h14-15H,6-13H2,1-5H3,(H2,17,18,19). The normalized spacial score (nSPS) is 13.5. The topological polar surface area (TPSA) is 45.7 Å². The van der Waals surface area contributed by atoms with Gasteiger partial charge in [-0.2, -0.15) is 11.8 Å². The Morgan fingerprint density at radius 2 is 1.95 bits per heavy atom. The molecule has 0 spiro atoms. The zero-order valence-corrected chi connectivity index (χ0v) is 15.4. The SMILES string of the molecule is CCNC(=NCCCCSC)NCCC(OCC)C(C)C. The van der Waals surface area contributed by atoms with E-state index < -0.39 is 0 Å². The zero-order chi connectivity index (χ0) is 15.9. The maximum absolute atomic E-state index is 5.77. The van der Waals surface area contributed by atoms with E-state index in [0.29, 0.717) is 12.0 Å². The van der Waals surface area contributed by atoms with Crippen molar-refractivity contribution in [2.24, 2.45) is 10.9 Å². The van der Waals surface area contributed by atoms with E-state index >= 15 is 0 Å². The number of rotatable bonds is 12. The quantitative estimate of drug-likeness (QED) is 0.330. The van der Waals surface area contributed by atoms with E-state index in [1.54, 1.807) is 0 Å². The molecule has 0 saturated carbocycles. The van der Waals surface area contributed by atoms with E-state index in [1.807, 2.05) is 11.8 Å². The Labute approximate surface area is 135 Å². The second-order valence-corrected chi connectivity index (χ2v) is 6.40. The summed E-state index contributed by atoms with van der Waals surface area (Å²) in [6.45, 7) is 12.1. The van der Waals surface area contributed by atoms with E-state index in [-0.39, 0.29) is 0 Å². The van der Waals surface area contributed by atoms with Crippen LogP contribution in [0.3, 0.4) is 0 Å². The molecule has 4 nitrogen and oxygen atoms in total. The van der Waals surface area contributed by atoms with Gasteiger partial charge in [-0.15, -0.1) is 0 Å².